The zero-order chi connectivity index (χ0) is 25.6. The standard InChI is InChI=1S/C24H35N3O5S2Si/c1-24(2,3)35(5,6)31-15-19-18(30-16-34-33-4)14-21(32-19)27-13-12-20(26-23(27)29)25-22(28)17-10-8-7-9-11-17/h7-13,18-19,21H,14-16H2,1-6H3,(H,25,26,28,29)/t18-,19-,21-/m1/s1. The van der Waals surface area contributed by atoms with Crippen molar-refractivity contribution >= 4 is 41.6 Å². The molecule has 3 atom stereocenters. The van der Waals surface area contributed by atoms with Crippen molar-refractivity contribution in [3.05, 3.63) is 58.6 Å². The summed E-state index contributed by atoms with van der Waals surface area (Å²) in [6, 6.07) is 10.4. The highest BCUT2D eigenvalue weighted by atomic mass is 33.1. The van der Waals surface area contributed by atoms with E-state index in [-0.39, 0.29) is 29.0 Å². The Labute approximate surface area is 216 Å². The highest BCUT2D eigenvalue weighted by molar-refractivity contribution is 8.76. The van der Waals surface area contributed by atoms with Gasteiger partial charge >= 0.3 is 5.69 Å². The first-order chi connectivity index (χ1) is 16.5. The molecule has 35 heavy (non-hydrogen) atoms. The third-order valence-electron chi connectivity index (χ3n) is 6.46. The lowest BCUT2D eigenvalue weighted by atomic mass is 10.2. The van der Waals surface area contributed by atoms with E-state index in [9.17, 15) is 9.59 Å². The molecule has 0 radical (unpaired) electrons. The molecule has 1 saturated heterocycles. The molecule has 1 aliphatic rings. The van der Waals surface area contributed by atoms with E-state index < -0.39 is 20.2 Å². The van der Waals surface area contributed by atoms with Gasteiger partial charge in [0.25, 0.3) is 5.91 Å². The number of benzene rings is 1. The fourth-order valence-electron chi connectivity index (χ4n) is 3.35. The lowest BCUT2D eigenvalue weighted by Crippen LogP contribution is -2.44. The number of amides is 1. The molecule has 1 amide bonds. The summed E-state index contributed by atoms with van der Waals surface area (Å²) in [7, 11) is 1.29. The van der Waals surface area contributed by atoms with Gasteiger partial charge < -0.3 is 19.2 Å². The molecule has 0 aliphatic carbocycles. The van der Waals surface area contributed by atoms with Gasteiger partial charge in [0.15, 0.2) is 8.32 Å². The van der Waals surface area contributed by atoms with Gasteiger partial charge in [-0.25, -0.2) is 4.79 Å². The molecule has 1 N–H and O–H groups in total. The number of aromatic nitrogens is 2. The summed E-state index contributed by atoms with van der Waals surface area (Å²) in [6.07, 6.45) is 3.10. The minimum atomic E-state index is -1.97. The summed E-state index contributed by atoms with van der Waals surface area (Å²) in [5.74, 6) is 0.394. The first kappa shape index (κ1) is 27.9. The Bertz CT molecular complexity index is 1050. The monoisotopic (exact) mass is 537 g/mol. The van der Waals surface area contributed by atoms with Crippen LogP contribution in [0.25, 0.3) is 0 Å². The Kier molecular flexibility index (Phi) is 9.64. The molecule has 1 fully saturated rings. The first-order valence-electron chi connectivity index (χ1n) is 11.5. The summed E-state index contributed by atoms with van der Waals surface area (Å²) in [5, 5.41) is 2.75. The van der Waals surface area contributed by atoms with Crippen LogP contribution < -0.4 is 11.0 Å². The SMILES string of the molecule is CSSCO[C@@H]1C[C@H](n2ccc(NC(=O)c3ccccc3)nc2=O)O[C@@H]1CO[Si](C)(C)C(C)(C)C. The molecule has 11 heteroatoms. The van der Waals surface area contributed by atoms with Crippen LogP contribution in [0.15, 0.2) is 47.4 Å². The van der Waals surface area contributed by atoms with Crippen molar-refractivity contribution in [2.75, 3.05) is 24.1 Å². The van der Waals surface area contributed by atoms with Gasteiger partial charge in [-0.15, -0.1) is 0 Å². The largest absolute Gasteiger partial charge is 0.414 e. The van der Waals surface area contributed by atoms with Crippen LogP contribution in [-0.2, 0) is 13.9 Å². The predicted octanol–water partition coefficient (Wildman–Crippen LogP) is 5.16. The summed E-state index contributed by atoms with van der Waals surface area (Å²) in [4.78, 5) is 29.2. The van der Waals surface area contributed by atoms with Gasteiger partial charge in [0.2, 0.25) is 0 Å². The Morgan fingerprint density at radius 3 is 2.60 bits per heavy atom. The number of hydrogen-bond donors (Lipinski definition) is 1. The normalized spacial score (nSPS) is 20.7. The van der Waals surface area contributed by atoms with Gasteiger partial charge in [0, 0.05) is 18.2 Å². The summed E-state index contributed by atoms with van der Waals surface area (Å²) < 4.78 is 20.2. The molecular weight excluding hydrogens is 503 g/mol. The summed E-state index contributed by atoms with van der Waals surface area (Å²) >= 11 is 0. The van der Waals surface area contributed by atoms with Gasteiger partial charge in [-0.3, -0.25) is 9.36 Å². The minimum Gasteiger partial charge on any atom is -0.414 e. The van der Waals surface area contributed by atoms with E-state index in [0.717, 1.165) is 0 Å². The average Bonchev–Trinajstić information content (AvgIpc) is 3.20. The molecule has 1 aliphatic heterocycles. The molecule has 192 valence electrons. The Morgan fingerprint density at radius 2 is 1.97 bits per heavy atom. The molecule has 0 unspecified atom stereocenters. The molecule has 0 saturated carbocycles. The van der Waals surface area contributed by atoms with Crippen LogP contribution in [0.1, 0.15) is 43.8 Å². The zero-order valence-electron chi connectivity index (χ0n) is 21.1. The molecule has 3 rings (SSSR count). The number of nitrogens with one attached hydrogen (secondary N) is 1. The minimum absolute atomic E-state index is 0.0803. The number of ether oxygens (including phenoxy) is 2. The van der Waals surface area contributed by atoms with Crippen LogP contribution in [0.4, 0.5) is 5.82 Å². The fourth-order valence-corrected chi connectivity index (χ4v) is 5.14. The summed E-state index contributed by atoms with van der Waals surface area (Å²) in [5.41, 5.74) is -0.00524. The molecule has 0 spiro atoms. The fraction of sp³-hybridized carbons (Fsp3) is 0.542. The van der Waals surface area contributed by atoms with Crippen molar-refractivity contribution in [1.82, 2.24) is 9.55 Å². The molecule has 1 aromatic carbocycles. The van der Waals surface area contributed by atoms with Crippen LogP contribution in [-0.4, -0.2) is 54.8 Å². The van der Waals surface area contributed by atoms with Gasteiger partial charge in [-0.2, -0.15) is 4.98 Å². The van der Waals surface area contributed by atoms with E-state index in [4.69, 9.17) is 13.9 Å². The number of nitrogens with zero attached hydrogens (tertiary/aromatic N) is 2. The quantitative estimate of drug-likeness (QED) is 0.192. The zero-order valence-corrected chi connectivity index (χ0v) is 23.8. The van der Waals surface area contributed by atoms with Crippen LogP contribution in [0.5, 0.6) is 0 Å². The van der Waals surface area contributed by atoms with Crippen molar-refractivity contribution < 1.29 is 18.7 Å². The maximum Gasteiger partial charge on any atom is 0.351 e. The Balaban J connectivity index is 1.70. The van der Waals surface area contributed by atoms with Gasteiger partial charge in [-0.1, -0.05) is 60.6 Å². The topological polar surface area (TPSA) is 91.7 Å². The van der Waals surface area contributed by atoms with E-state index in [1.54, 1.807) is 58.1 Å². The van der Waals surface area contributed by atoms with Crippen LogP contribution >= 0.6 is 21.6 Å². The third kappa shape index (κ3) is 7.43. The van der Waals surface area contributed by atoms with Crippen LogP contribution in [0.2, 0.25) is 18.1 Å². The van der Waals surface area contributed by atoms with Gasteiger partial charge in [-0.05, 0) is 42.6 Å². The molecule has 2 heterocycles. The van der Waals surface area contributed by atoms with Crippen LogP contribution in [0.3, 0.4) is 0 Å². The number of anilines is 1. The van der Waals surface area contributed by atoms with Crippen molar-refractivity contribution in [3.63, 3.8) is 0 Å². The second kappa shape index (κ2) is 12.1. The molecule has 2 aromatic rings. The summed E-state index contributed by atoms with van der Waals surface area (Å²) in [6.45, 7) is 11.4. The van der Waals surface area contributed by atoms with E-state index >= 15 is 0 Å². The van der Waals surface area contributed by atoms with E-state index in [1.165, 1.54) is 4.57 Å². The third-order valence-corrected chi connectivity index (χ3v) is 12.4. The lowest BCUT2D eigenvalue weighted by Gasteiger charge is -2.37. The molecule has 1 aromatic heterocycles. The number of carbonyl (C=O) groups is 1. The number of hydrogen-bond acceptors (Lipinski definition) is 8. The van der Waals surface area contributed by atoms with Gasteiger partial charge in [0.1, 0.15) is 24.1 Å². The predicted molar refractivity (Wildman–Crippen MR) is 145 cm³/mol. The molecular formula is C24H35N3O5S2Si. The highest BCUT2D eigenvalue weighted by Gasteiger charge is 2.42. The van der Waals surface area contributed by atoms with E-state index in [1.807, 2.05) is 12.3 Å². The van der Waals surface area contributed by atoms with E-state index in [0.29, 0.717) is 24.5 Å². The van der Waals surface area contributed by atoms with Crippen molar-refractivity contribution in [1.29, 1.82) is 0 Å². The molecule has 8 nitrogen and oxygen atoms in total. The van der Waals surface area contributed by atoms with Crippen LogP contribution in [0, 0.1) is 0 Å². The second-order valence-corrected chi connectivity index (χ2v) is 17.2. The number of rotatable bonds is 10. The highest BCUT2D eigenvalue weighted by Crippen LogP contribution is 2.38. The number of carbonyl (C=O) groups excluding carboxylic acids is 1. The smallest absolute Gasteiger partial charge is 0.351 e. The Hall–Kier alpha value is -1.63. The Morgan fingerprint density at radius 1 is 1.26 bits per heavy atom. The maximum atomic E-state index is 12.8. The van der Waals surface area contributed by atoms with Gasteiger partial charge in [0.05, 0.1) is 12.7 Å². The van der Waals surface area contributed by atoms with Crippen molar-refractivity contribution in [2.24, 2.45) is 0 Å². The maximum absolute atomic E-state index is 12.8. The van der Waals surface area contributed by atoms with E-state index in [2.05, 4.69) is 44.2 Å². The molecule has 0 bridgehead atoms. The van der Waals surface area contributed by atoms with Crippen molar-refractivity contribution in [2.45, 2.75) is 63.8 Å². The lowest BCUT2D eigenvalue weighted by molar-refractivity contribution is -0.0527. The first-order valence-corrected chi connectivity index (χ1v) is 17.2. The average molecular weight is 538 g/mol. The van der Waals surface area contributed by atoms with Crippen molar-refractivity contribution in [3.8, 4) is 0 Å². The second-order valence-electron chi connectivity index (χ2n) is 9.87.